The molecule has 1 fully saturated rings. The van der Waals surface area contributed by atoms with E-state index in [1.165, 1.54) is 30.3 Å². The van der Waals surface area contributed by atoms with Crippen LogP contribution in [0.5, 0.6) is 11.5 Å². The maximum atomic E-state index is 12.6. The molecule has 2 N–H and O–H groups in total. The molecule has 6 nitrogen and oxygen atoms in total. The summed E-state index contributed by atoms with van der Waals surface area (Å²) in [6, 6.07) is 10.1. The molecule has 1 saturated heterocycles. The first-order chi connectivity index (χ1) is 11.9. The first-order valence-corrected chi connectivity index (χ1v) is 8.55. The fraction of sp³-hybridized carbons (Fsp3) is 0.0588. The molecule has 0 aliphatic carbocycles. The lowest BCUT2D eigenvalue weighted by Crippen LogP contribution is -2.35. The molecule has 1 heterocycles. The van der Waals surface area contributed by atoms with Crippen molar-refractivity contribution in [3.05, 3.63) is 56.1 Å². The Labute approximate surface area is 162 Å². The molecule has 0 unspecified atom stereocenters. The molecule has 2 aromatic rings. The second kappa shape index (κ2) is 6.93. The SMILES string of the molecule is COc1cc(/C=C2/C(=O)NN(c3ccc(I)cc3)C2=O)cc(Cl)c1O. The van der Waals surface area contributed by atoms with E-state index in [-0.39, 0.29) is 22.1 Å². The van der Waals surface area contributed by atoms with Crippen molar-refractivity contribution in [2.24, 2.45) is 0 Å². The highest BCUT2D eigenvalue weighted by atomic mass is 127. The molecule has 2 aromatic carbocycles. The number of halogens is 2. The average Bonchev–Trinajstić information content (AvgIpc) is 2.86. The number of aromatic hydroxyl groups is 1. The summed E-state index contributed by atoms with van der Waals surface area (Å²) in [4.78, 5) is 24.8. The second-order valence-electron chi connectivity index (χ2n) is 5.17. The quantitative estimate of drug-likeness (QED) is 0.410. The van der Waals surface area contributed by atoms with E-state index in [4.69, 9.17) is 16.3 Å². The summed E-state index contributed by atoms with van der Waals surface area (Å²) in [6.45, 7) is 0. The first-order valence-electron chi connectivity index (χ1n) is 7.10. The van der Waals surface area contributed by atoms with Gasteiger partial charge >= 0.3 is 0 Å². The molecule has 25 heavy (non-hydrogen) atoms. The standard InChI is InChI=1S/C17H12ClIN2O4/c1-25-14-8-9(7-13(18)15(14)22)6-12-16(23)20-21(17(12)24)11-4-2-10(19)3-5-11/h2-8,22H,1H3,(H,20,23)/b12-6-. The van der Waals surface area contributed by atoms with Crippen molar-refractivity contribution in [2.75, 3.05) is 12.1 Å². The van der Waals surface area contributed by atoms with Crippen LogP contribution >= 0.6 is 34.2 Å². The number of benzene rings is 2. The third-order valence-electron chi connectivity index (χ3n) is 3.56. The normalized spacial score (nSPS) is 15.6. The predicted octanol–water partition coefficient (Wildman–Crippen LogP) is 3.12. The van der Waals surface area contributed by atoms with E-state index in [9.17, 15) is 14.7 Å². The minimum atomic E-state index is -0.522. The van der Waals surface area contributed by atoms with Crippen molar-refractivity contribution in [3.8, 4) is 11.5 Å². The van der Waals surface area contributed by atoms with Gasteiger partial charge in [-0.2, -0.15) is 0 Å². The van der Waals surface area contributed by atoms with Crippen molar-refractivity contribution in [3.63, 3.8) is 0 Å². The van der Waals surface area contributed by atoms with Gasteiger partial charge in [0.2, 0.25) is 0 Å². The van der Waals surface area contributed by atoms with Crippen molar-refractivity contribution >= 4 is 57.8 Å². The smallest absolute Gasteiger partial charge is 0.282 e. The third-order valence-corrected chi connectivity index (χ3v) is 4.57. The van der Waals surface area contributed by atoms with E-state index in [0.717, 1.165) is 3.57 Å². The van der Waals surface area contributed by atoms with Crippen molar-refractivity contribution in [1.29, 1.82) is 0 Å². The highest BCUT2D eigenvalue weighted by Crippen LogP contribution is 2.35. The topological polar surface area (TPSA) is 78.9 Å². The molecule has 1 aliphatic heterocycles. The number of methoxy groups -OCH3 is 1. The van der Waals surface area contributed by atoms with E-state index >= 15 is 0 Å². The van der Waals surface area contributed by atoms with Crippen molar-refractivity contribution in [2.45, 2.75) is 0 Å². The van der Waals surface area contributed by atoms with Gasteiger partial charge < -0.3 is 9.84 Å². The Morgan fingerprint density at radius 3 is 2.56 bits per heavy atom. The van der Waals surface area contributed by atoms with Crippen LogP contribution in [0.1, 0.15) is 5.56 Å². The van der Waals surface area contributed by atoms with Crippen LogP contribution in [0, 0.1) is 3.57 Å². The average molecular weight is 471 g/mol. The van der Waals surface area contributed by atoms with Crippen LogP contribution in [0.2, 0.25) is 5.02 Å². The molecule has 0 radical (unpaired) electrons. The molecule has 0 bridgehead atoms. The highest BCUT2D eigenvalue weighted by molar-refractivity contribution is 14.1. The van der Waals surface area contributed by atoms with Crippen LogP contribution in [-0.2, 0) is 9.59 Å². The Hall–Kier alpha value is -2.26. The van der Waals surface area contributed by atoms with Crippen LogP contribution < -0.4 is 15.2 Å². The maximum absolute atomic E-state index is 12.6. The van der Waals surface area contributed by atoms with Gasteiger partial charge in [0.1, 0.15) is 5.57 Å². The number of phenols is 1. The number of anilines is 1. The zero-order chi connectivity index (χ0) is 18.1. The van der Waals surface area contributed by atoms with Gasteiger partial charge in [0.15, 0.2) is 11.5 Å². The van der Waals surface area contributed by atoms with Gasteiger partial charge in [0, 0.05) is 3.57 Å². The Morgan fingerprint density at radius 2 is 1.92 bits per heavy atom. The fourth-order valence-corrected chi connectivity index (χ4v) is 2.91. The second-order valence-corrected chi connectivity index (χ2v) is 6.82. The number of ether oxygens (including phenoxy) is 1. The molecular formula is C17H12ClIN2O4. The maximum Gasteiger partial charge on any atom is 0.282 e. The summed E-state index contributed by atoms with van der Waals surface area (Å²) < 4.78 is 6.04. The van der Waals surface area contributed by atoms with Gasteiger partial charge in [-0.25, -0.2) is 5.01 Å². The van der Waals surface area contributed by atoms with Gasteiger partial charge in [-0.15, -0.1) is 0 Å². The summed E-state index contributed by atoms with van der Waals surface area (Å²) in [5.41, 5.74) is 3.50. The van der Waals surface area contributed by atoms with Gasteiger partial charge in [-0.3, -0.25) is 15.0 Å². The van der Waals surface area contributed by atoms with Crippen LogP contribution in [0.25, 0.3) is 6.08 Å². The van der Waals surface area contributed by atoms with E-state index < -0.39 is 11.8 Å². The molecule has 2 amide bonds. The molecule has 8 heteroatoms. The Bertz CT molecular complexity index is 896. The molecule has 3 rings (SSSR count). The largest absolute Gasteiger partial charge is 0.503 e. The van der Waals surface area contributed by atoms with E-state index in [0.29, 0.717) is 11.3 Å². The highest BCUT2D eigenvalue weighted by Gasteiger charge is 2.34. The third kappa shape index (κ3) is 3.42. The summed E-state index contributed by atoms with van der Waals surface area (Å²) in [5, 5.41) is 11.0. The molecule has 0 saturated carbocycles. The number of hydrazine groups is 1. The Kier molecular flexibility index (Phi) is 4.87. The number of hydrogen-bond acceptors (Lipinski definition) is 4. The lowest BCUT2D eigenvalue weighted by molar-refractivity contribution is -0.117. The van der Waals surface area contributed by atoms with Crippen LogP contribution in [-0.4, -0.2) is 24.0 Å². The summed E-state index contributed by atoms with van der Waals surface area (Å²) >= 11 is 8.09. The Balaban J connectivity index is 1.96. The Morgan fingerprint density at radius 1 is 1.24 bits per heavy atom. The van der Waals surface area contributed by atoms with Crippen molar-refractivity contribution < 1.29 is 19.4 Å². The summed E-state index contributed by atoms with van der Waals surface area (Å²) in [6.07, 6.45) is 1.40. The van der Waals surface area contributed by atoms with E-state index in [1.54, 1.807) is 12.1 Å². The minimum absolute atomic E-state index is 0.0395. The lowest BCUT2D eigenvalue weighted by atomic mass is 10.1. The van der Waals surface area contributed by atoms with Gasteiger partial charge in [-0.05, 0) is 70.6 Å². The van der Waals surface area contributed by atoms with E-state index in [1.807, 2.05) is 12.1 Å². The summed E-state index contributed by atoms with van der Waals surface area (Å²) in [7, 11) is 1.38. The van der Waals surface area contributed by atoms with Crippen LogP contribution in [0.4, 0.5) is 5.69 Å². The zero-order valence-electron chi connectivity index (χ0n) is 12.9. The van der Waals surface area contributed by atoms with Gasteiger partial charge in [0.05, 0.1) is 17.8 Å². The lowest BCUT2D eigenvalue weighted by Gasteiger charge is -2.14. The first kappa shape index (κ1) is 17.6. The number of nitrogens with one attached hydrogen (secondary N) is 1. The van der Waals surface area contributed by atoms with E-state index in [2.05, 4.69) is 28.0 Å². The number of carbonyl (C=O) groups is 2. The number of phenolic OH excluding ortho intramolecular Hbond substituents is 1. The molecule has 0 spiro atoms. The number of amides is 2. The monoisotopic (exact) mass is 470 g/mol. The molecule has 0 aromatic heterocycles. The van der Waals surface area contributed by atoms with Gasteiger partial charge in [0.25, 0.3) is 11.8 Å². The minimum Gasteiger partial charge on any atom is -0.503 e. The number of hydrogen-bond donors (Lipinski definition) is 2. The molecule has 128 valence electrons. The van der Waals surface area contributed by atoms with Gasteiger partial charge in [-0.1, -0.05) is 11.6 Å². The zero-order valence-corrected chi connectivity index (χ0v) is 15.8. The predicted molar refractivity (Wildman–Crippen MR) is 102 cm³/mol. The summed E-state index contributed by atoms with van der Waals surface area (Å²) in [5.74, 6) is -1.05. The molecule has 1 aliphatic rings. The number of nitrogens with zero attached hydrogens (tertiary/aromatic N) is 1. The van der Waals surface area contributed by atoms with Crippen LogP contribution in [0.15, 0.2) is 42.0 Å². The fourth-order valence-electron chi connectivity index (χ4n) is 2.33. The number of rotatable bonds is 3. The molecular weight excluding hydrogens is 459 g/mol. The molecule has 0 atom stereocenters. The van der Waals surface area contributed by atoms with Crippen molar-refractivity contribution in [1.82, 2.24) is 5.43 Å². The van der Waals surface area contributed by atoms with Crippen LogP contribution in [0.3, 0.4) is 0 Å². The number of carbonyl (C=O) groups excluding carboxylic acids is 2.